The van der Waals surface area contributed by atoms with Crippen LogP contribution in [0.1, 0.15) is 350 Å². The van der Waals surface area contributed by atoms with Gasteiger partial charge in [-0.2, -0.15) is 0 Å². The molecule has 0 aromatic heterocycles. The third kappa shape index (κ3) is 76.9. The van der Waals surface area contributed by atoms with Gasteiger partial charge in [0.2, 0.25) is 0 Å². The van der Waals surface area contributed by atoms with Crippen molar-refractivity contribution in [3.8, 4) is 0 Å². The van der Waals surface area contributed by atoms with Gasteiger partial charge in [0.15, 0.2) is 0 Å². The quantitative estimate of drug-likeness (QED) is 0.0320. The fourth-order valence-corrected chi connectivity index (χ4v) is 10.9. The van der Waals surface area contributed by atoms with E-state index >= 15 is 0 Å². The van der Waals surface area contributed by atoms with Gasteiger partial charge in [0.05, 0.1) is 39.6 Å². The van der Waals surface area contributed by atoms with E-state index in [0.717, 1.165) is 116 Å². The summed E-state index contributed by atoms with van der Waals surface area (Å²) in [7, 11) is -12.2. The molecule has 0 aromatic carbocycles. The molecule has 0 bridgehead atoms. The number of phosphoric ester groups is 3. The van der Waals surface area contributed by atoms with Crippen LogP contribution in [-0.2, 0) is 57.9 Å². The van der Waals surface area contributed by atoms with Gasteiger partial charge >= 0.3 is 17.1 Å². The summed E-state index contributed by atoms with van der Waals surface area (Å²) >= 11 is 0. The molecule has 12 nitrogen and oxygen atoms in total. The van der Waals surface area contributed by atoms with Gasteiger partial charge in [-0.1, -0.05) is 311 Å². The molecule has 0 rings (SSSR count). The summed E-state index contributed by atoms with van der Waals surface area (Å²) in [5.74, 6) is 0. The minimum atomic E-state index is -4.08. The summed E-state index contributed by atoms with van der Waals surface area (Å²) in [6, 6.07) is 0. The Morgan fingerprint density at radius 3 is 0.395 bits per heavy atom. The topological polar surface area (TPSA) is 176 Å². The van der Waals surface area contributed by atoms with E-state index < -0.39 is 23.5 Å². The zero-order valence-corrected chi connectivity index (χ0v) is 54.6. The Labute approximate surface area is 483 Å². The smallest absolute Gasteiger partial charge is 0.756 e. The monoisotopic (exact) mass is 1190 g/mol. The van der Waals surface area contributed by atoms with Crippen LogP contribution in [0, 0.1) is 0 Å². The van der Waals surface area contributed by atoms with Crippen LogP contribution in [0.2, 0.25) is 0 Å². The Bertz CT molecular complexity index is 1000. The van der Waals surface area contributed by atoms with E-state index in [1.807, 2.05) is 0 Å². The van der Waals surface area contributed by atoms with Crippen molar-refractivity contribution < 1.29 is 72.6 Å². The average molecular weight is 1190 g/mol. The molecule has 0 aliphatic heterocycles. The van der Waals surface area contributed by atoms with Crippen molar-refractivity contribution in [2.75, 3.05) is 39.6 Å². The van der Waals surface area contributed by atoms with E-state index in [2.05, 4.69) is 41.5 Å². The van der Waals surface area contributed by atoms with Crippen LogP contribution in [-0.4, -0.2) is 39.6 Å². The van der Waals surface area contributed by atoms with Crippen molar-refractivity contribution in [1.82, 2.24) is 0 Å². The van der Waals surface area contributed by atoms with Gasteiger partial charge in [-0.05, 0) is 38.5 Å². The van der Waals surface area contributed by atoms with Crippen LogP contribution < -0.4 is 14.7 Å². The largest absolute Gasteiger partial charge is 3.00 e. The molecule has 76 heavy (non-hydrogen) atoms. The standard InChI is InChI=1S/3C20H43O4P.Fe/c3*1-3-5-7-9-11-13-15-17-19-23-25(21,22)24-20-18-16-14-12-10-8-6-4-2;/h3*3-20H2,1-2H3,(H,21,22);/q;;;+3/p-3. The molecule has 0 heterocycles. The fraction of sp³-hybridized carbons (Fsp3) is 1.00. The fourth-order valence-electron chi connectivity index (χ4n) is 8.59. The number of hydrogen-bond donors (Lipinski definition) is 0. The molecule has 16 heteroatoms. The molecule has 0 aromatic rings. The van der Waals surface area contributed by atoms with Gasteiger partial charge in [-0.3, -0.25) is 13.7 Å². The first-order valence-electron chi connectivity index (χ1n) is 32.2. The predicted molar refractivity (Wildman–Crippen MR) is 314 cm³/mol. The summed E-state index contributed by atoms with van der Waals surface area (Å²) in [5, 5.41) is 0. The Morgan fingerprint density at radius 1 is 0.197 bits per heavy atom. The maximum atomic E-state index is 11.6. The van der Waals surface area contributed by atoms with Crippen molar-refractivity contribution in [2.45, 2.75) is 350 Å². The summed E-state index contributed by atoms with van der Waals surface area (Å²) in [6.07, 6.45) is 56.5. The minimum absolute atomic E-state index is 0. The molecule has 0 atom stereocenters. The Balaban J connectivity index is -0.000000508. The first kappa shape index (κ1) is 83.3. The van der Waals surface area contributed by atoms with Crippen LogP contribution >= 0.6 is 23.5 Å². The van der Waals surface area contributed by atoms with E-state index in [1.165, 1.54) is 193 Å². The van der Waals surface area contributed by atoms with E-state index in [0.29, 0.717) is 0 Å². The SMILES string of the molecule is CCCCCCCCCCOP(=O)([O-])OCCCCCCCCCC.CCCCCCCCCCOP(=O)([O-])OCCCCCCCCCC.CCCCCCCCCCOP(=O)([O-])OCCCCCCCCCC.[Fe+3]. The number of hydrogen-bond acceptors (Lipinski definition) is 12. The maximum Gasteiger partial charge on any atom is 3.00 e. The van der Waals surface area contributed by atoms with Crippen molar-refractivity contribution in [3.05, 3.63) is 0 Å². The summed E-state index contributed by atoms with van der Waals surface area (Å²) in [5.41, 5.74) is 0. The molecule has 0 saturated heterocycles. The van der Waals surface area contributed by atoms with Crippen LogP contribution in [0.5, 0.6) is 0 Å². The number of unbranched alkanes of at least 4 members (excludes halogenated alkanes) is 42. The molecule has 0 aliphatic carbocycles. The Kier molecular flexibility index (Phi) is 74.9. The van der Waals surface area contributed by atoms with Crippen LogP contribution in [0.3, 0.4) is 0 Å². The van der Waals surface area contributed by atoms with Gasteiger partial charge in [0, 0.05) is 0 Å². The summed E-state index contributed by atoms with van der Waals surface area (Å²) in [6.45, 7) is 14.8. The molecule has 0 N–H and O–H groups in total. The average Bonchev–Trinajstić information content (AvgIpc) is 3.38. The van der Waals surface area contributed by atoms with E-state index in [1.54, 1.807) is 0 Å². The third-order valence-corrected chi connectivity index (χ3v) is 16.5. The summed E-state index contributed by atoms with van der Waals surface area (Å²) in [4.78, 5) is 34.9. The van der Waals surface area contributed by atoms with Crippen molar-refractivity contribution in [3.63, 3.8) is 0 Å². The second kappa shape index (κ2) is 68.3. The van der Waals surface area contributed by atoms with Gasteiger partial charge in [-0.25, -0.2) is 0 Å². The van der Waals surface area contributed by atoms with E-state index in [9.17, 15) is 28.4 Å². The van der Waals surface area contributed by atoms with Crippen LogP contribution in [0.25, 0.3) is 0 Å². The van der Waals surface area contributed by atoms with Crippen LogP contribution in [0.4, 0.5) is 0 Å². The molecular weight excluding hydrogens is 1060 g/mol. The number of rotatable bonds is 60. The molecule has 0 unspecified atom stereocenters. The number of phosphoric acid groups is 3. The molecule has 1 radical (unpaired) electrons. The zero-order valence-electron chi connectivity index (χ0n) is 50.8. The minimum Gasteiger partial charge on any atom is -0.756 e. The Morgan fingerprint density at radius 2 is 0.289 bits per heavy atom. The van der Waals surface area contributed by atoms with Crippen molar-refractivity contribution in [1.29, 1.82) is 0 Å². The normalized spacial score (nSPS) is 11.8. The Hall–Kier alpha value is 0.849. The second-order valence-corrected chi connectivity index (χ2v) is 25.4. The van der Waals surface area contributed by atoms with E-state index in [-0.39, 0.29) is 56.7 Å². The molecule has 461 valence electrons. The van der Waals surface area contributed by atoms with Gasteiger partial charge < -0.3 is 41.8 Å². The van der Waals surface area contributed by atoms with Gasteiger partial charge in [0.1, 0.15) is 0 Å². The van der Waals surface area contributed by atoms with Crippen LogP contribution in [0.15, 0.2) is 0 Å². The molecular formula is C60H126FeO12P3. The molecule has 0 fully saturated rings. The van der Waals surface area contributed by atoms with Gasteiger partial charge in [-0.15, -0.1) is 0 Å². The first-order valence-corrected chi connectivity index (χ1v) is 36.5. The van der Waals surface area contributed by atoms with Crippen molar-refractivity contribution in [2.24, 2.45) is 0 Å². The molecule has 0 aliphatic rings. The molecule has 0 spiro atoms. The predicted octanol–water partition coefficient (Wildman–Crippen LogP) is 20.3. The maximum absolute atomic E-state index is 11.6. The van der Waals surface area contributed by atoms with Crippen molar-refractivity contribution >= 4 is 23.5 Å². The van der Waals surface area contributed by atoms with Gasteiger partial charge in [0.25, 0.3) is 23.5 Å². The van der Waals surface area contributed by atoms with E-state index in [4.69, 9.17) is 27.1 Å². The molecule has 0 amide bonds. The molecule has 0 saturated carbocycles. The zero-order chi connectivity index (χ0) is 55.9. The summed E-state index contributed by atoms with van der Waals surface area (Å²) < 4.78 is 64.4. The third-order valence-electron chi connectivity index (χ3n) is 13.5. The second-order valence-electron chi connectivity index (χ2n) is 21.2. The first-order chi connectivity index (χ1) is 36.4.